The average molecular weight is 372 g/mol. The Hall–Kier alpha value is -2.18. The molecule has 1 saturated carbocycles. The van der Waals surface area contributed by atoms with E-state index < -0.39 is 10.0 Å². The van der Waals surface area contributed by atoms with Crippen molar-refractivity contribution in [1.29, 1.82) is 0 Å². The van der Waals surface area contributed by atoms with Crippen molar-refractivity contribution in [3.63, 3.8) is 0 Å². The Morgan fingerprint density at radius 3 is 2.42 bits per heavy atom. The van der Waals surface area contributed by atoms with Crippen LogP contribution >= 0.6 is 0 Å². The van der Waals surface area contributed by atoms with Crippen LogP contribution in [0.4, 0.5) is 0 Å². The second-order valence-corrected chi connectivity index (χ2v) is 8.70. The number of sulfonamides is 1. The van der Waals surface area contributed by atoms with E-state index in [9.17, 15) is 13.2 Å². The van der Waals surface area contributed by atoms with Gasteiger partial charge in [0.2, 0.25) is 10.0 Å². The number of rotatable bonds is 6. The van der Waals surface area contributed by atoms with Gasteiger partial charge in [0.1, 0.15) is 0 Å². The van der Waals surface area contributed by atoms with Gasteiger partial charge in [0.15, 0.2) is 0 Å². The van der Waals surface area contributed by atoms with Crippen LogP contribution in [0.25, 0.3) is 0 Å². The van der Waals surface area contributed by atoms with Gasteiger partial charge in [0, 0.05) is 18.2 Å². The number of hydrogen-bond acceptors (Lipinski definition) is 3. The molecule has 0 saturated heterocycles. The van der Waals surface area contributed by atoms with Crippen LogP contribution in [-0.4, -0.2) is 20.4 Å². The first-order valence-electron chi connectivity index (χ1n) is 8.73. The van der Waals surface area contributed by atoms with Crippen LogP contribution < -0.4 is 10.0 Å². The third kappa shape index (κ3) is 4.31. The molecule has 1 fully saturated rings. The second-order valence-electron chi connectivity index (χ2n) is 6.98. The second kappa shape index (κ2) is 7.21. The molecule has 26 heavy (non-hydrogen) atoms. The Labute approximate surface area is 154 Å². The van der Waals surface area contributed by atoms with Crippen LogP contribution in [0.2, 0.25) is 0 Å². The molecule has 2 aromatic carbocycles. The highest BCUT2D eigenvalue weighted by atomic mass is 32.2. The number of nitrogens with one attached hydrogen (secondary N) is 2. The number of benzene rings is 2. The number of hydrogen-bond donors (Lipinski definition) is 2. The van der Waals surface area contributed by atoms with Gasteiger partial charge < -0.3 is 5.32 Å². The van der Waals surface area contributed by atoms with E-state index in [1.165, 1.54) is 11.6 Å². The van der Waals surface area contributed by atoms with Crippen molar-refractivity contribution in [3.05, 3.63) is 64.2 Å². The van der Waals surface area contributed by atoms with Crippen LogP contribution in [0.5, 0.6) is 0 Å². The van der Waals surface area contributed by atoms with Gasteiger partial charge in [-0.05, 0) is 62.4 Å². The van der Waals surface area contributed by atoms with Gasteiger partial charge in [0.25, 0.3) is 5.91 Å². The maximum absolute atomic E-state index is 12.6. The number of amides is 1. The normalized spacial score (nSPS) is 14.3. The number of aryl methyl sites for hydroxylation is 3. The minimum Gasteiger partial charge on any atom is -0.348 e. The zero-order valence-electron chi connectivity index (χ0n) is 15.3. The average Bonchev–Trinajstić information content (AvgIpc) is 3.37. The van der Waals surface area contributed by atoms with E-state index in [4.69, 9.17) is 0 Å². The predicted molar refractivity (Wildman–Crippen MR) is 102 cm³/mol. The molecule has 0 atom stereocenters. The third-order valence-electron chi connectivity index (χ3n) is 4.60. The zero-order chi connectivity index (χ0) is 18.9. The van der Waals surface area contributed by atoms with Crippen molar-refractivity contribution in [1.82, 2.24) is 10.0 Å². The molecule has 2 aromatic rings. The summed E-state index contributed by atoms with van der Waals surface area (Å²) in [5.74, 6) is -0.272. The SMILES string of the molecule is Cc1ccc(CNC(=O)c2cc(S(=O)(=O)NC3CC3)ccc2C)c(C)c1. The van der Waals surface area contributed by atoms with Gasteiger partial charge in [-0.2, -0.15) is 0 Å². The van der Waals surface area contributed by atoms with Crippen molar-refractivity contribution in [2.24, 2.45) is 0 Å². The van der Waals surface area contributed by atoms with Gasteiger partial charge in [-0.15, -0.1) is 0 Å². The molecular formula is C20H24N2O3S. The highest BCUT2D eigenvalue weighted by Gasteiger charge is 2.28. The van der Waals surface area contributed by atoms with E-state index in [0.29, 0.717) is 12.1 Å². The summed E-state index contributed by atoms with van der Waals surface area (Å²) in [6, 6.07) is 10.8. The van der Waals surface area contributed by atoms with E-state index >= 15 is 0 Å². The van der Waals surface area contributed by atoms with Crippen LogP contribution in [0.3, 0.4) is 0 Å². The van der Waals surface area contributed by atoms with E-state index in [1.807, 2.05) is 26.0 Å². The molecule has 0 unspecified atom stereocenters. The van der Waals surface area contributed by atoms with Gasteiger partial charge in [-0.25, -0.2) is 13.1 Å². The minimum absolute atomic E-state index is 0.0306. The summed E-state index contributed by atoms with van der Waals surface area (Å²) in [6.07, 6.45) is 1.74. The molecular weight excluding hydrogens is 348 g/mol. The lowest BCUT2D eigenvalue weighted by Gasteiger charge is -2.12. The quantitative estimate of drug-likeness (QED) is 0.818. The van der Waals surface area contributed by atoms with Crippen LogP contribution in [0, 0.1) is 20.8 Å². The van der Waals surface area contributed by atoms with Crippen molar-refractivity contribution in [2.75, 3.05) is 0 Å². The predicted octanol–water partition coefficient (Wildman–Crippen LogP) is 2.98. The van der Waals surface area contributed by atoms with E-state index in [2.05, 4.69) is 16.1 Å². The summed E-state index contributed by atoms with van der Waals surface area (Å²) >= 11 is 0. The topological polar surface area (TPSA) is 75.3 Å². The Bertz CT molecular complexity index is 948. The first kappa shape index (κ1) is 18.6. The lowest BCUT2D eigenvalue weighted by atomic mass is 10.1. The highest BCUT2D eigenvalue weighted by Crippen LogP contribution is 2.23. The fourth-order valence-electron chi connectivity index (χ4n) is 2.82. The highest BCUT2D eigenvalue weighted by molar-refractivity contribution is 7.89. The monoisotopic (exact) mass is 372 g/mol. The maximum Gasteiger partial charge on any atom is 0.251 e. The van der Waals surface area contributed by atoms with Crippen molar-refractivity contribution in [2.45, 2.75) is 51.1 Å². The molecule has 0 aliphatic heterocycles. The van der Waals surface area contributed by atoms with Gasteiger partial charge in [-0.1, -0.05) is 29.8 Å². The molecule has 6 heteroatoms. The summed E-state index contributed by atoms with van der Waals surface area (Å²) in [7, 11) is -3.58. The van der Waals surface area contributed by atoms with E-state index in [1.54, 1.807) is 19.1 Å². The Morgan fingerprint density at radius 1 is 1.04 bits per heavy atom. The molecule has 5 nitrogen and oxygen atoms in total. The molecule has 2 N–H and O–H groups in total. The lowest BCUT2D eigenvalue weighted by Crippen LogP contribution is -2.27. The van der Waals surface area contributed by atoms with E-state index in [0.717, 1.165) is 29.5 Å². The summed E-state index contributed by atoms with van der Waals surface area (Å²) < 4.78 is 27.4. The Morgan fingerprint density at radius 2 is 1.77 bits per heavy atom. The first-order chi connectivity index (χ1) is 12.3. The Kier molecular flexibility index (Phi) is 5.16. The van der Waals surface area contributed by atoms with Crippen LogP contribution in [0.15, 0.2) is 41.3 Å². The largest absolute Gasteiger partial charge is 0.348 e. The zero-order valence-corrected chi connectivity index (χ0v) is 16.1. The van der Waals surface area contributed by atoms with Crippen LogP contribution in [-0.2, 0) is 16.6 Å². The van der Waals surface area contributed by atoms with Gasteiger partial charge in [-0.3, -0.25) is 4.79 Å². The smallest absolute Gasteiger partial charge is 0.251 e. The molecule has 0 spiro atoms. The standard InChI is InChI=1S/C20H24N2O3S/c1-13-4-6-16(15(3)10-13)12-21-20(23)19-11-18(9-5-14(19)2)26(24,25)22-17-7-8-17/h4-6,9-11,17,22H,7-8,12H2,1-3H3,(H,21,23). The molecule has 1 amide bonds. The molecule has 0 radical (unpaired) electrons. The Balaban J connectivity index is 1.77. The molecule has 3 rings (SSSR count). The summed E-state index contributed by atoms with van der Waals surface area (Å²) in [6.45, 7) is 6.25. The first-order valence-corrected chi connectivity index (χ1v) is 10.2. The molecule has 0 bridgehead atoms. The fourth-order valence-corrected chi connectivity index (χ4v) is 4.15. The molecule has 138 valence electrons. The molecule has 0 heterocycles. The molecule has 0 aromatic heterocycles. The van der Waals surface area contributed by atoms with Crippen LogP contribution in [0.1, 0.15) is 45.5 Å². The fraction of sp³-hybridized carbons (Fsp3) is 0.350. The van der Waals surface area contributed by atoms with Gasteiger partial charge in [0.05, 0.1) is 4.90 Å². The summed E-state index contributed by atoms with van der Waals surface area (Å²) in [4.78, 5) is 12.7. The third-order valence-corrected chi connectivity index (χ3v) is 6.12. The summed E-state index contributed by atoms with van der Waals surface area (Å²) in [5.41, 5.74) is 4.46. The van der Waals surface area contributed by atoms with Crippen molar-refractivity contribution >= 4 is 15.9 Å². The van der Waals surface area contributed by atoms with E-state index in [-0.39, 0.29) is 16.8 Å². The minimum atomic E-state index is -3.58. The maximum atomic E-state index is 12.6. The number of carbonyl (C=O) groups excluding carboxylic acids is 1. The summed E-state index contributed by atoms with van der Waals surface area (Å²) in [5, 5.41) is 2.89. The van der Waals surface area contributed by atoms with Crippen molar-refractivity contribution in [3.8, 4) is 0 Å². The van der Waals surface area contributed by atoms with Gasteiger partial charge >= 0.3 is 0 Å². The number of carbonyl (C=O) groups is 1. The van der Waals surface area contributed by atoms with Crippen molar-refractivity contribution < 1.29 is 13.2 Å². The molecule has 1 aliphatic rings. The lowest BCUT2D eigenvalue weighted by molar-refractivity contribution is 0.0950. The molecule has 1 aliphatic carbocycles.